The average Bonchev–Trinajstić information content (AvgIpc) is 3.60. The van der Waals surface area contributed by atoms with E-state index in [1.807, 2.05) is 6.07 Å². The SMILES string of the molecule is CC(C)N1CC(N2CCC(c3cccc(-c4cn(Cc5ccc(-c6nnc(C(F)F)o6)cc5F)nn4)c3)CC2)C1. The topological polar surface area (TPSA) is 76.1 Å². The van der Waals surface area contributed by atoms with E-state index >= 15 is 0 Å². The van der Waals surface area contributed by atoms with Gasteiger partial charge in [0.25, 0.3) is 5.89 Å². The third kappa shape index (κ3) is 5.53. The lowest BCUT2D eigenvalue weighted by molar-refractivity contribution is 0.00272. The van der Waals surface area contributed by atoms with E-state index in [1.54, 1.807) is 23.0 Å². The predicted octanol–water partition coefficient (Wildman–Crippen LogP) is 5.39. The Morgan fingerprint density at radius 3 is 2.48 bits per heavy atom. The fraction of sp³-hybridized carbons (Fsp3) is 0.448. The quantitative estimate of drug-likeness (QED) is 0.291. The van der Waals surface area contributed by atoms with Gasteiger partial charge in [-0.15, -0.1) is 15.3 Å². The van der Waals surface area contributed by atoms with Crippen LogP contribution in [0.5, 0.6) is 0 Å². The normalized spacial score (nSPS) is 17.7. The lowest BCUT2D eigenvalue weighted by Gasteiger charge is -2.49. The molecular formula is C29H32F3N7O. The van der Waals surface area contributed by atoms with Gasteiger partial charge in [0.05, 0.1) is 12.7 Å². The molecule has 0 bridgehead atoms. The number of piperidine rings is 1. The summed E-state index contributed by atoms with van der Waals surface area (Å²) in [5, 5.41) is 15.4. The maximum absolute atomic E-state index is 14.8. The fourth-order valence-corrected chi connectivity index (χ4v) is 5.62. The zero-order valence-corrected chi connectivity index (χ0v) is 22.6. The summed E-state index contributed by atoms with van der Waals surface area (Å²) >= 11 is 0. The molecule has 0 N–H and O–H groups in total. The summed E-state index contributed by atoms with van der Waals surface area (Å²) in [5.41, 5.74) is 3.64. The number of benzene rings is 2. The van der Waals surface area contributed by atoms with Crippen LogP contribution in [0.15, 0.2) is 53.1 Å². The summed E-state index contributed by atoms with van der Waals surface area (Å²) in [6.45, 7) is 9.32. The molecular weight excluding hydrogens is 519 g/mol. The number of halogens is 3. The summed E-state index contributed by atoms with van der Waals surface area (Å²) in [6, 6.07) is 14.1. The van der Waals surface area contributed by atoms with Crippen LogP contribution in [0.3, 0.4) is 0 Å². The smallest absolute Gasteiger partial charge is 0.314 e. The molecule has 0 amide bonds. The van der Waals surface area contributed by atoms with Crippen LogP contribution in [0.25, 0.3) is 22.7 Å². The minimum Gasteiger partial charge on any atom is -0.415 e. The minimum atomic E-state index is -2.88. The van der Waals surface area contributed by atoms with Gasteiger partial charge in [0.2, 0.25) is 5.89 Å². The molecule has 4 heterocycles. The third-order valence-corrected chi connectivity index (χ3v) is 8.12. The molecule has 2 aromatic heterocycles. The maximum Gasteiger partial charge on any atom is 0.314 e. The van der Waals surface area contributed by atoms with Crippen LogP contribution in [-0.2, 0) is 6.54 Å². The Hall–Kier alpha value is -3.57. The Morgan fingerprint density at radius 2 is 1.77 bits per heavy atom. The Labute approximate surface area is 230 Å². The first-order chi connectivity index (χ1) is 19.3. The molecule has 0 aliphatic carbocycles. The summed E-state index contributed by atoms with van der Waals surface area (Å²) in [5.74, 6) is -0.958. The van der Waals surface area contributed by atoms with Crippen molar-refractivity contribution in [3.63, 3.8) is 0 Å². The number of likely N-dealkylation sites (tertiary alicyclic amines) is 2. The molecule has 2 saturated heterocycles. The lowest BCUT2D eigenvalue weighted by atomic mass is 9.87. The van der Waals surface area contributed by atoms with Crippen LogP contribution >= 0.6 is 0 Å². The van der Waals surface area contributed by atoms with Crippen molar-refractivity contribution in [2.24, 2.45) is 0 Å². The molecule has 0 radical (unpaired) electrons. The van der Waals surface area contributed by atoms with Crippen molar-refractivity contribution in [1.82, 2.24) is 35.0 Å². The second-order valence-corrected chi connectivity index (χ2v) is 11.0. The highest BCUT2D eigenvalue weighted by molar-refractivity contribution is 5.59. The van der Waals surface area contributed by atoms with Crippen LogP contribution in [-0.4, -0.2) is 73.3 Å². The monoisotopic (exact) mass is 551 g/mol. The molecule has 2 fully saturated rings. The molecule has 2 aliphatic heterocycles. The van der Waals surface area contributed by atoms with Crippen molar-refractivity contribution in [1.29, 1.82) is 0 Å². The first-order valence-electron chi connectivity index (χ1n) is 13.7. The van der Waals surface area contributed by atoms with Gasteiger partial charge in [-0.1, -0.05) is 29.5 Å². The van der Waals surface area contributed by atoms with E-state index in [1.165, 1.54) is 24.7 Å². The highest BCUT2D eigenvalue weighted by Crippen LogP contribution is 2.33. The largest absolute Gasteiger partial charge is 0.415 e. The summed E-state index contributed by atoms with van der Waals surface area (Å²) in [4.78, 5) is 5.18. The van der Waals surface area contributed by atoms with E-state index in [0.717, 1.165) is 37.2 Å². The molecule has 40 heavy (non-hydrogen) atoms. The van der Waals surface area contributed by atoms with Gasteiger partial charge in [-0.05, 0) is 69.5 Å². The molecule has 0 spiro atoms. The molecule has 6 rings (SSSR count). The number of alkyl halides is 2. The molecule has 2 aliphatic rings. The third-order valence-electron chi connectivity index (χ3n) is 8.12. The highest BCUT2D eigenvalue weighted by Gasteiger charge is 2.35. The summed E-state index contributed by atoms with van der Waals surface area (Å²) in [6.07, 6.45) is 1.22. The Kier molecular flexibility index (Phi) is 7.41. The van der Waals surface area contributed by atoms with E-state index in [4.69, 9.17) is 4.42 Å². The number of nitrogens with zero attached hydrogens (tertiary/aromatic N) is 7. The van der Waals surface area contributed by atoms with E-state index in [0.29, 0.717) is 23.6 Å². The zero-order chi connectivity index (χ0) is 27.8. The first-order valence-corrected chi connectivity index (χ1v) is 13.7. The van der Waals surface area contributed by atoms with E-state index in [-0.39, 0.29) is 18.0 Å². The number of hydrogen-bond acceptors (Lipinski definition) is 7. The van der Waals surface area contributed by atoms with Crippen LogP contribution in [0.2, 0.25) is 0 Å². The van der Waals surface area contributed by atoms with Gasteiger partial charge in [0, 0.05) is 41.9 Å². The lowest BCUT2D eigenvalue weighted by Crippen LogP contribution is -2.62. The van der Waals surface area contributed by atoms with E-state index in [9.17, 15) is 13.2 Å². The van der Waals surface area contributed by atoms with Crippen molar-refractivity contribution in [2.45, 2.75) is 57.7 Å². The van der Waals surface area contributed by atoms with Crippen molar-refractivity contribution >= 4 is 0 Å². The molecule has 2 aromatic carbocycles. The first kappa shape index (κ1) is 26.6. The standard InChI is InChI=1S/C29H32F3N7O/c1-18(2)38-15-24(16-38)37-10-8-19(9-11-37)20-4-3-5-21(12-20)26-17-39(36-33-26)14-23-7-6-22(13-25(23)30)28-34-35-29(40-28)27(31)32/h3-7,12-13,17-19,24,27H,8-11,14-16H2,1-2H3. The maximum atomic E-state index is 14.8. The predicted molar refractivity (Wildman–Crippen MR) is 143 cm³/mol. The molecule has 8 nitrogen and oxygen atoms in total. The Bertz CT molecular complexity index is 1460. The van der Waals surface area contributed by atoms with Gasteiger partial charge in [-0.25, -0.2) is 9.07 Å². The second kappa shape index (κ2) is 11.1. The van der Waals surface area contributed by atoms with Gasteiger partial charge in [-0.2, -0.15) is 8.78 Å². The number of rotatable bonds is 8. The Morgan fingerprint density at radius 1 is 0.975 bits per heavy atom. The van der Waals surface area contributed by atoms with Crippen LogP contribution in [0.1, 0.15) is 56.1 Å². The second-order valence-electron chi connectivity index (χ2n) is 11.0. The molecule has 210 valence electrons. The van der Waals surface area contributed by atoms with Gasteiger partial charge in [-0.3, -0.25) is 9.80 Å². The van der Waals surface area contributed by atoms with Crippen LogP contribution in [0, 0.1) is 5.82 Å². The molecule has 4 aromatic rings. The van der Waals surface area contributed by atoms with Crippen molar-refractivity contribution in [3.8, 4) is 22.7 Å². The summed E-state index contributed by atoms with van der Waals surface area (Å²) < 4.78 is 46.8. The molecule has 11 heteroatoms. The zero-order valence-electron chi connectivity index (χ0n) is 22.6. The van der Waals surface area contributed by atoms with Crippen molar-refractivity contribution in [2.75, 3.05) is 26.2 Å². The Balaban J connectivity index is 1.08. The minimum absolute atomic E-state index is 0.157. The van der Waals surface area contributed by atoms with Gasteiger partial charge in [0.15, 0.2) is 0 Å². The van der Waals surface area contributed by atoms with Gasteiger partial charge in [0.1, 0.15) is 11.5 Å². The molecule has 0 unspecified atom stereocenters. The average molecular weight is 552 g/mol. The number of hydrogen-bond donors (Lipinski definition) is 0. The fourth-order valence-electron chi connectivity index (χ4n) is 5.62. The van der Waals surface area contributed by atoms with Crippen molar-refractivity contribution in [3.05, 3.63) is 71.5 Å². The van der Waals surface area contributed by atoms with Gasteiger partial charge < -0.3 is 4.42 Å². The number of aromatic nitrogens is 5. The van der Waals surface area contributed by atoms with Crippen LogP contribution in [0.4, 0.5) is 13.2 Å². The highest BCUT2D eigenvalue weighted by atomic mass is 19.3. The van der Waals surface area contributed by atoms with E-state index < -0.39 is 18.1 Å². The van der Waals surface area contributed by atoms with Gasteiger partial charge >= 0.3 is 6.43 Å². The van der Waals surface area contributed by atoms with Crippen molar-refractivity contribution < 1.29 is 17.6 Å². The molecule has 0 saturated carbocycles. The van der Waals surface area contributed by atoms with Crippen LogP contribution < -0.4 is 0 Å². The molecule has 0 atom stereocenters. The summed E-state index contributed by atoms with van der Waals surface area (Å²) in [7, 11) is 0. The van der Waals surface area contributed by atoms with E-state index in [2.05, 4.69) is 62.4 Å².